The van der Waals surface area contributed by atoms with Crippen molar-refractivity contribution in [3.05, 3.63) is 0 Å². The molecule has 3 aliphatic rings. The third kappa shape index (κ3) is 0.655. The minimum absolute atomic E-state index is 0.903. The molecule has 2 aliphatic heterocycles. The topological polar surface area (TPSA) is 12.0 Å². The standard InChI is InChI=1S/C7H13N/c1-3-7-4-2-6(1)5-8-7/h6-8H,1-5H2. The summed E-state index contributed by atoms with van der Waals surface area (Å²) in [6.07, 6.45) is 5.89. The lowest BCUT2D eigenvalue weighted by atomic mass is 9.82. The van der Waals surface area contributed by atoms with Gasteiger partial charge in [-0.15, -0.1) is 0 Å². The quantitative estimate of drug-likeness (QED) is 0.494. The van der Waals surface area contributed by atoms with E-state index in [0.717, 1.165) is 12.0 Å². The first kappa shape index (κ1) is 4.80. The average molecular weight is 111 g/mol. The molecule has 2 saturated heterocycles. The summed E-state index contributed by atoms with van der Waals surface area (Å²) in [7, 11) is 0. The third-order valence-electron chi connectivity index (χ3n) is 2.54. The smallest absolute Gasteiger partial charge is 0.00673 e. The fourth-order valence-corrected chi connectivity index (χ4v) is 1.90. The lowest BCUT2D eigenvalue weighted by Crippen LogP contribution is -2.44. The molecular formula is C7H13N. The molecule has 1 heteroatoms. The van der Waals surface area contributed by atoms with Crippen LogP contribution in [0.1, 0.15) is 25.7 Å². The van der Waals surface area contributed by atoms with Gasteiger partial charge in [-0.1, -0.05) is 0 Å². The number of piperidine rings is 2. The predicted octanol–water partition coefficient (Wildman–Crippen LogP) is 1.15. The average Bonchev–Trinajstić information content (AvgIpc) is 1.92. The number of hydrogen-bond acceptors (Lipinski definition) is 1. The van der Waals surface area contributed by atoms with E-state index in [1.807, 2.05) is 0 Å². The summed E-state index contributed by atoms with van der Waals surface area (Å²) in [6.45, 7) is 1.31. The molecule has 0 aromatic heterocycles. The van der Waals surface area contributed by atoms with Crippen LogP contribution in [0.5, 0.6) is 0 Å². The van der Waals surface area contributed by atoms with E-state index in [0.29, 0.717) is 0 Å². The van der Waals surface area contributed by atoms with Crippen LogP contribution in [0.15, 0.2) is 0 Å². The van der Waals surface area contributed by atoms with Crippen molar-refractivity contribution in [3.63, 3.8) is 0 Å². The lowest BCUT2D eigenvalue weighted by Gasteiger charge is -2.36. The zero-order valence-electron chi connectivity index (χ0n) is 5.19. The maximum atomic E-state index is 3.52. The summed E-state index contributed by atoms with van der Waals surface area (Å²) in [5.41, 5.74) is 0. The molecule has 2 bridgehead atoms. The van der Waals surface area contributed by atoms with Gasteiger partial charge in [0.1, 0.15) is 0 Å². The van der Waals surface area contributed by atoms with Gasteiger partial charge in [0.2, 0.25) is 0 Å². The zero-order valence-corrected chi connectivity index (χ0v) is 5.19. The van der Waals surface area contributed by atoms with Gasteiger partial charge in [0, 0.05) is 6.04 Å². The fraction of sp³-hybridized carbons (Fsp3) is 1.00. The Balaban J connectivity index is 2.03. The van der Waals surface area contributed by atoms with Crippen molar-refractivity contribution in [2.75, 3.05) is 6.54 Å². The monoisotopic (exact) mass is 111 g/mol. The highest BCUT2D eigenvalue weighted by molar-refractivity contribution is 4.84. The van der Waals surface area contributed by atoms with E-state index in [1.165, 1.54) is 32.2 Å². The molecule has 46 valence electrons. The largest absolute Gasteiger partial charge is 0.314 e. The van der Waals surface area contributed by atoms with Crippen LogP contribution in [0, 0.1) is 5.92 Å². The molecule has 0 aromatic rings. The van der Waals surface area contributed by atoms with Gasteiger partial charge in [-0.3, -0.25) is 0 Å². The van der Waals surface area contributed by atoms with Crippen LogP contribution in [-0.4, -0.2) is 12.6 Å². The first-order valence-corrected chi connectivity index (χ1v) is 3.68. The molecule has 1 nitrogen and oxygen atoms in total. The predicted molar refractivity (Wildman–Crippen MR) is 33.7 cm³/mol. The highest BCUT2D eigenvalue weighted by atomic mass is 14.9. The summed E-state index contributed by atoms with van der Waals surface area (Å²) < 4.78 is 0. The van der Waals surface area contributed by atoms with Crippen LogP contribution in [0.4, 0.5) is 0 Å². The molecule has 8 heavy (non-hydrogen) atoms. The summed E-state index contributed by atoms with van der Waals surface area (Å²) in [4.78, 5) is 0. The van der Waals surface area contributed by atoms with Gasteiger partial charge in [0.25, 0.3) is 0 Å². The van der Waals surface area contributed by atoms with Gasteiger partial charge >= 0.3 is 0 Å². The van der Waals surface area contributed by atoms with E-state index in [9.17, 15) is 0 Å². The Kier molecular flexibility index (Phi) is 1.04. The Hall–Kier alpha value is -0.0400. The molecule has 1 saturated carbocycles. The van der Waals surface area contributed by atoms with Gasteiger partial charge in [0.15, 0.2) is 0 Å². The molecular weight excluding hydrogens is 98.1 g/mol. The third-order valence-corrected chi connectivity index (χ3v) is 2.54. The summed E-state index contributed by atoms with van der Waals surface area (Å²) >= 11 is 0. The van der Waals surface area contributed by atoms with Crippen LogP contribution in [0.3, 0.4) is 0 Å². The van der Waals surface area contributed by atoms with Crippen molar-refractivity contribution in [2.24, 2.45) is 5.92 Å². The van der Waals surface area contributed by atoms with Crippen LogP contribution in [0.2, 0.25) is 0 Å². The number of rotatable bonds is 0. The summed E-state index contributed by atoms with van der Waals surface area (Å²) in [5.74, 6) is 1.04. The summed E-state index contributed by atoms with van der Waals surface area (Å²) in [5, 5.41) is 3.52. The van der Waals surface area contributed by atoms with Gasteiger partial charge in [-0.2, -0.15) is 0 Å². The van der Waals surface area contributed by atoms with Gasteiger partial charge in [-0.05, 0) is 38.1 Å². The van der Waals surface area contributed by atoms with Gasteiger partial charge < -0.3 is 5.32 Å². The van der Waals surface area contributed by atoms with E-state index in [2.05, 4.69) is 5.32 Å². The number of nitrogens with one attached hydrogen (secondary N) is 1. The van der Waals surface area contributed by atoms with Crippen molar-refractivity contribution in [2.45, 2.75) is 31.7 Å². The van der Waals surface area contributed by atoms with E-state index in [1.54, 1.807) is 0 Å². The fourth-order valence-electron chi connectivity index (χ4n) is 1.90. The van der Waals surface area contributed by atoms with Gasteiger partial charge in [0.05, 0.1) is 0 Å². The first-order chi connectivity index (χ1) is 3.95. The normalized spacial score (nSPS) is 45.0. The van der Waals surface area contributed by atoms with Crippen molar-refractivity contribution in [1.82, 2.24) is 5.32 Å². The molecule has 0 aromatic carbocycles. The first-order valence-electron chi connectivity index (χ1n) is 3.68. The SMILES string of the molecule is C1CC2CCC1CN2. The molecule has 0 amide bonds. The molecule has 3 rings (SSSR count). The van der Waals surface area contributed by atoms with E-state index in [4.69, 9.17) is 0 Å². The molecule has 0 unspecified atom stereocenters. The van der Waals surface area contributed by atoms with Crippen molar-refractivity contribution >= 4 is 0 Å². The van der Waals surface area contributed by atoms with E-state index < -0.39 is 0 Å². The Morgan fingerprint density at radius 3 is 1.88 bits per heavy atom. The molecule has 1 aliphatic carbocycles. The minimum Gasteiger partial charge on any atom is -0.314 e. The van der Waals surface area contributed by atoms with Crippen molar-refractivity contribution < 1.29 is 0 Å². The maximum absolute atomic E-state index is 3.52. The van der Waals surface area contributed by atoms with E-state index in [-0.39, 0.29) is 0 Å². The van der Waals surface area contributed by atoms with Gasteiger partial charge in [-0.25, -0.2) is 0 Å². The Labute approximate surface area is 50.5 Å². The van der Waals surface area contributed by atoms with E-state index >= 15 is 0 Å². The van der Waals surface area contributed by atoms with Crippen LogP contribution < -0.4 is 5.32 Å². The molecule has 2 heterocycles. The minimum atomic E-state index is 0.903. The summed E-state index contributed by atoms with van der Waals surface area (Å²) in [6, 6.07) is 0.903. The highest BCUT2D eigenvalue weighted by Crippen LogP contribution is 2.28. The van der Waals surface area contributed by atoms with Crippen molar-refractivity contribution in [3.8, 4) is 0 Å². The van der Waals surface area contributed by atoms with Crippen LogP contribution in [-0.2, 0) is 0 Å². The Bertz CT molecular complexity index is 59.4. The molecule has 0 spiro atoms. The molecule has 0 radical (unpaired) electrons. The van der Waals surface area contributed by atoms with Crippen molar-refractivity contribution in [1.29, 1.82) is 0 Å². The molecule has 3 fully saturated rings. The lowest BCUT2D eigenvalue weighted by molar-refractivity contribution is 0.213. The van der Waals surface area contributed by atoms with Crippen LogP contribution in [0.25, 0.3) is 0 Å². The second-order valence-corrected chi connectivity index (χ2v) is 3.13. The molecule has 0 atom stereocenters. The zero-order chi connectivity index (χ0) is 5.40. The number of fused-ring (bicyclic) bond motifs is 3. The highest BCUT2D eigenvalue weighted by Gasteiger charge is 2.25. The second kappa shape index (κ2) is 1.73. The van der Waals surface area contributed by atoms with Crippen LogP contribution >= 0.6 is 0 Å². The Morgan fingerprint density at radius 2 is 1.75 bits per heavy atom. The number of hydrogen-bond donors (Lipinski definition) is 1. The maximum Gasteiger partial charge on any atom is 0.00673 e. The molecule has 1 N–H and O–H groups in total. The second-order valence-electron chi connectivity index (χ2n) is 3.13. The Morgan fingerprint density at radius 1 is 1.00 bits per heavy atom.